The maximum absolute atomic E-state index is 4.51. The average molecular weight is 290 g/mol. The summed E-state index contributed by atoms with van der Waals surface area (Å²) in [6, 6.07) is 9.28. The summed E-state index contributed by atoms with van der Waals surface area (Å²) in [6.45, 7) is 3.07. The number of thioether (sulfide) groups is 1. The SMILES string of the molecule is Cc1csc(CCNC2CCSc3ccccc32)n1. The number of nitrogens with one attached hydrogen (secondary N) is 1. The second kappa shape index (κ2) is 6.07. The van der Waals surface area contributed by atoms with E-state index in [1.807, 2.05) is 11.8 Å². The Balaban J connectivity index is 1.59. The molecule has 1 aromatic heterocycles. The van der Waals surface area contributed by atoms with Crippen molar-refractivity contribution in [1.82, 2.24) is 10.3 Å². The molecule has 1 aliphatic heterocycles. The second-order valence-electron chi connectivity index (χ2n) is 4.81. The van der Waals surface area contributed by atoms with Gasteiger partial charge in [0.05, 0.1) is 5.01 Å². The minimum atomic E-state index is 0.513. The summed E-state index contributed by atoms with van der Waals surface area (Å²) in [7, 11) is 0. The maximum Gasteiger partial charge on any atom is 0.0940 e. The summed E-state index contributed by atoms with van der Waals surface area (Å²) < 4.78 is 0. The quantitative estimate of drug-likeness (QED) is 0.926. The highest BCUT2D eigenvalue weighted by molar-refractivity contribution is 7.99. The number of hydrogen-bond donors (Lipinski definition) is 1. The summed E-state index contributed by atoms with van der Waals surface area (Å²) in [5.41, 5.74) is 2.61. The second-order valence-corrected chi connectivity index (χ2v) is 6.89. The molecule has 2 heterocycles. The fourth-order valence-electron chi connectivity index (χ4n) is 2.42. The van der Waals surface area contributed by atoms with Gasteiger partial charge >= 0.3 is 0 Å². The lowest BCUT2D eigenvalue weighted by Gasteiger charge is -2.25. The van der Waals surface area contributed by atoms with Gasteiger partial charge in [-0.1, -0.05) is 18.2 Å². The van der Waals surface area contributed by atoms with Gasteiger partial charge in [0.2, 0.25) is 0 Å². The fraction of sp³-hybridized carbons (Fsp3) is 0.400. The third kappa shape index (κ3) is 3.19. The van der Waals surface area contributed by atoms with E-state index in [9.17, 15) is 0 Å². The highest BCUT2D eigenvalue weighted by Crippen LogP contribution is 2.35. The van der Waals surface area contributed by atoms with Crippen LogP contribution in [0.25, 0.3) is 0 Å². The first-order chi connectivity index (χ1) is 9.33. The van der Waals surface area contributed by atoms with Gasteiger partial charge < -0.3 is 5.32 Å². The number of fused-ring (bicyclic) bond motifs is 1. The van der Waals surface area contributed by atoms with Gasteiger partial charge in [-0.25, -0.2) is 4.98 Å². The third-order valence-electron chi connectivity index (χ3n) is 3.35. The van der Waals surface area contributed by atoms with Gasteiger partial charge in [-0.3, -0.25) is 0 Å². The van der Waals surface area contributed by atoms with Gasteiger partial charge in [0, 0.05) is 35.0 Å². The van der Waals surface area contributed by atoms with Gasteiger partial charge in [0.25, 0.3) is 0 Å². The Kier molecular flexibility index (Phi) is 4.21. The van der Waals surface area contributed by atoms with E-state index < -0.39 is 0 Å². The van der Waals surface area contributed by atoms with Gasteiger partial charge in [-0.15, -0.1) is 23.1 Å². The van der Waals surface area contributed by atoms with E-state index in [-0.39, 0.29) is 0 Å². The van der Waals surface area contributed by atoms with Gasteiger partial charge in [0.1, 0.15) is 0 Å². The van der Waals surface area contributed by atoms with Crippen molar-refractivity contribution in [2.75, 3.05) is 12.3 Å². The molecule has 2 nitrogen and oxygen atoms in total. The standard InChI is InChI=1S/C15H18N2S2/c1-11-10-19-15(17-11)6-8-16-13-7-9-18-14-5-3-2-4-12(13)14/h2-5,10,13,16H,6-9H2,1H3. The molecule has 1 aromatic carbocycles. The molecule has 100 valence electrons. The summed E-state index contributed by atoms with van der Waals surface area (Å²) in [4.78, 5) is 5.95. The maximum atomic E-state index is 4.51. The number of rotatable bonds is 4. The zero-order chi connectivity index (χ0) is 13.1. The molecule has 0 bridgehead atoms. The minimum Gasteiger partial charge on any atom is -0.309 e. The van der Waals surface area contributed by atoms with E-state index in [1.165, 1.54) is 27.6 Å². The highest BCUT2D eigenvalue weighted by atomic mass is 32.2. The van der Waals surface area contributed by atoms with Crippen molar-refractivity contribution < 1.29 is 0 Å². The number of nitrogens with zero attached hydrogens (tertiary/aromatic N) is 1. The monoisotopic (exact) mass is 290 g/mol. The zero-order valence-corrected chi connectivity index (χ0v) is 12.7. The molecule has 0 saturated heterocycles. The molecule has 1 atom stereocenters. The molecule has 1 unspecified atom stereocenters. The van der Waals surface area contributed by atoms with Gasteiger partial charge in [-0.05, 0) is 30.7 Å². The number of hydrogen-bond acceptors (Lipinski definition) is 4. The van der Waals surface area contributed by atoms with Crippen molar-refractivity contribution in [3.05, 3.63) is 45.9 Å². The third-order valence-corrected chi connectivity index (χ3v) is 5.50. The molecule has 0 saturated carbocycles. The zero-order valence-electron chi connectivity index (χ0n) is 11.1. The van der Waals surface area contributed by atoms with Crippen molar-refractivity contribution >= 4 is 23.1 Å². The molecule has 1 aliphatic rings. The first-order valence-corrected chi connectivity index (χ1v) is 8.55. The highest BCUT2D eigenvalue weighted by Gasteiger charge is 2.19. The molecule has 0 spiro atoms. The van der Waals surface area contributed by atoms with E-state index >= 15 is 0 Å². The number of aryl methyl sites for hydroxylation is 1. The van der Waals surface area contributed by atoms with Crippen molar-refractivity contribution in [3.63, 3.8) is 0 Å². The van der Waals surface area contributed by atoms with Crippen molar-refractivity contribution in [1.29, 1.82) is 0 Å². The van der Waals surface area contributed by atoms with E-state index in [4.69, 9.17) is 0 Å². The lowest BCUT2D eigenvalue weighted by atomic mass is 10.0. The van der Waals surface area contributed by atoms with Crippen LogP contribution in [0.2, 0.25) is 0 Å². The van der Waals surface area contributed by atoms with Crippen LogP contribution in [-0.4, -0.2) is 17.3 Å². The number of aromatic nitrogens is 1. The lowest BCUT2D eigenvalue weighted by molar-refractivity contribution is 0.513. The lowest BCUT2D eigenvalue weighted by Crippen LogP contribution is -2.26. The molecule has 0 amide bonds. The van der Waals surface area contributed by atoms with E-state index in [2.05, 4.69) is 46.9 Å². The number of benzene rings is 1. The molecular weight excluding hydrogens is 272 g/mol. The van der Waals surface area contributed by atoms with Crippen molar-refractivity contribution in [2.24, 2.45) is 0 Å². The Morgan fingerprint density at radius 3 is 3.11 bits per heavy atom. The van der Waals surface area contributed by atoms with Crippen LogP contribution in [0.5, 0.6) is 0 Å². The van der Waals surface area contributed by atoms with Crippen LogP contribution in [0.1, 0.15) is 28.7 Å². The van der Waals surface area contributed by atoms with Crippen LogP contribution >= 0.6 is 23.1 Å². The fourth-order valence-corrected chi connectivity index (χ4v) is 4.33. The normalized spacial score (nSPS) is 18.3. The largest absolute Gasteiger partial charge is 0.309 e. The Bertz CT molecular complexity index is 551. The van der Waals surface area contributed by atoms with Crippen molar-refractivity contribution in [3.8, 4) is 0 Å². The van der Waals surface area contributed by atoms with Crippen LogP contribution in [0.4, 0.5) is 0 Å². The molecule has 2 aromatic rings. The van der Waals surface area contributed by atoms with Crippen LogP contribution in [0.3, 0.4) is 0 Å². The molecule has 19 heavy (non-hydrogen) atoms. The van der Waals surface area contributed by atoms with Crippen LogP contribution in [0, 0.1) is 6.92 Å². The molecule has 4 heteroatoms. The number of thiazole rings is 1. The predicted octanol–water partition coefficient (Wildman–Crippen LogP) is 3.82. The smallest absolute Gasteiger partial charge is 0.0940 e. The van der Waals surface area contributed by atoms with E-state index in [1.54, 1.807) is 11.3 Å². The van der Waals surface area contributed by atoms with E-state index in [0.29, 0.717) is 6.04 Å². The molecular formula is C15H18N2S2. The topological polar surface area (TPSA) is 24.9 Å². The Labute approximate surface area is 122 Å². The van der Waals surface area contributed by atoms with Crippen LogP contribution < -0.4 is 5.32 Å². The van der Waals surface area contributed by atoms with Crippen molar-refractivity contribution in [2.45, 2.75) is 30.7 Å². The first-order valence-electron chi connectivity index (χ1n) is 6.69. The predicted molar refractivity (Wildman–Crippen MR) is 83.1 cm³/mol. The minimum absolute atomic E-state index is 0.513. The Hall–Kier alpha value is -0.840. The summed E-state index contributed by atoms with van der Waals surface area (Å²) in [6.07, 6.45) is 2.25. The first kappa shape index (κ1) is 13.2. The molecule has 1 N–H and O–H groups in total. The Morgan fingerprint density at radius 1 is 1.37 bits per heavy atom. The molecule has 3 rings (SSSR count). The van der Waals surface area contributed by atoms with Crippen LogP contribution in [0.15, 0.2) is 34.5 Å². The molecule has 0 aliphatic carbocycles. The Morgan fingerprint density at radius 2 is 2.26 bits per heavy atom. The van der Waals surface area contributed by atoms with Gasteiger partial charge in [-0.2, -0.15) is 0 Å². The molecule has 0 radical (unpaired) electrons. The van der Waals surface area contributed by atoms with Gasteiger partial charge in [0.15, 0.2) is 0 Å². The average Bonchev–Trinajstić information content (AvgIpc) is 2.85. The summed E-state index contributed by atoms with van der Waals surface area (Å²) in [5, 5.41) is 7.06. The van der Waals surface area contributed by atoms with Crippen LogP contribution in [-0.2, 0) is 6.42 Å². The molecule has 0 fully saturated rings. The summed E-state index contributed by atoms with van der Waals surface area (Å²) in [5.74, 6) is 1.21. The summed E-state index contributed by atoms with van der Waals surface area (Å²) >= 11 is 3.74. The van der Waals surface area contributed by atoms with E-state index in [0.717, 1.165) is 18.7 Å².